The largest absolute Gasteiger partial charge is 0.504 e. The molecule has 0 atom stereocenters. The molecule has 0 amide bonds. The van der Waals surface area contributed by atoms with E-state index in [1.807, 2.05) is 20.8 Å². The van der Waals surface area contributed by atoms with Crippen LogP contribution in [0.5, 0.6) is 69.0 Å². The maximum Gasteiger partial charge on any atom is 0.167 e. The van der Waals surface area contributed by atoms with Gasteiger partial charge in [-0.25, -0.2) is 15.0 Å². The van der Waals surface area contributed by atoms with Crippen molar-refractivity contribution < 1.29 is 59.1 Å². The summed E-state index contributed by atoms with van der Waals surface area (Å²) in [6.07, 6.45) is 7.97. The van der Waals surface area contributed by atoms with Gasteiger partial charge < -0.3 is 59.1 Å². The van der Waals surface area contributed by atoms with Gasteiger partial charge in [-0.15, -0.1) is 0 Å². The van der Waals surface area contributed by atoms with Crippen molar-refractivity contribution in [1.29, 1.82) is 0 Å². The topological polar surface area (TPSA) is 254 Å². The quantitative estimate of drug-likeness (QED) is 0.0622. The van der Waals surface area contributed by atoms with Crippen LogP contribution in [-0.4, -0.2) is 100 Å². The first-order valence-corrected chi connectivity index (χ1v) is 23.1. The molecule has 0 spiro atoms. The second-order valence-corrected chi connectivity index (χ2v) is 15.3. The van der Waals surface area contributed by atoms with Crippen LogP contribution in [0.1, 0.15) is 41.5 Å². The highest BCUT2D eigenvalue weighted by Gasteiger charge is 2.13. The van der Waals surface area contributed by atoms with E-state index in [1.54, 1.807) is 57.2 Å². The first-order chi connectivity index (χ1) is 34.9. The van der Waals surface area contributed by atoms with Gasteiger partial charge in [-0.1, -0.05) is 0 Å². The Morgan fingerprint density at radius 2 is 0.500 bits per heavy atom. The fourth-order valence-corrected chi connectivity index (χ4v) is 7.21. The van der Waals surface area contributed by atoms with Gasteiger partial charge in [-0.3, -0.25) is 15.0 Å². The molecule has 0 fully saturated rings. The van der Waals surface area contributed by atoms with Crippen molar-refractivity contribution >= 4 is 65.4 Å². The zero-order valence-electron chi connectivity index (χ0n) is 40.5. The summed E-state index contributed by atoms with van der Waals surface area (Å²) in [5.74, 6) is -0.925. The van der Waals surface area contributed by atoms with Crippen molar-refractivity contribution in [2.75, 3.05) is 39.6 Å². The van der Waals surface area contributed by atoms with Crippen LogP contribution in [0.15, 0.2) is 110 Å². The number of aromatic nitrogens is 6. The second-order valence-electron chi connectivity index (χ2n) is 15.3. The van der Waals surface area contributed by atoms with E-state index in [-0.39, 0.29) is 102 Å². The summed E-state index contributed by atoms with van der Waals surface area (Å²) in [6.45, 7) is 12.6. The van der Waals surface area contributed by atoms with Gasteiger partial charge >= 0.3 is 0 Å². The monoisotopic (exact) mass is 978 g/mol. The van der Waals surface area contributed by atoms with Crippen molar-refractivity contribution in [3.8, 4) is 69.0 Å². The van der Waals surface area contributed by atoms with Gasteiger partial charge in [0.1, 0.15) is 33.8 Å². The maximum absolute atomic E-state index is 11.3. The minimum Gasteiger partial charge on any atom is -0.504 e. The molecule has 4 aromatic heterocycles. The third kappa shape index (κ3) is 11.5. The van der Waals surface area contributed by atoms with Crippen molar-refractivity contribution in [3.63, 3.8) is 0 Å². The van der Waals surface area contributed by atoms with Crippen molar-refractivity contribution in [2.45, 2.75) is 41.5 Å². The predicted octanol–water partition coefficient (Wildman–Crippen LogP) is 10.7. The highest BCUT2D eigenvalue weighted by Crippen LogP contribution is 2.38. The number of aromatic hydroxyl groups is 6. The smallest absolute Gasteiger partial charge is 0.167 e. The fraction of sp³-hybridized carbons (Fsp3) is 0.222. The molecule has 4 heterocycles. The van der Waals surface area contributed by atoms with E-state index >= 15 is 0 Å². The first-order valence-electron chi connectivity index (χ1n) is 23.1. The van der Waals surface area contributed by atoms with E-state index < -0.39 is 34.5 Å². The predicted molar refractivity (Wildman–Crippen MR) is 275 cm³/mol. The molecule has 6 bridgehead atoms. The summed E-state index contributed by atoms with van der Waals surface area (Å²) in [6, 6.07) is 19.0. The summed E-state index contributed by atoms with van der Waals surface area (Å²) < 4.78 is 35.4. The van der Waals surface area contributed by atoms with Crippen molar-refractivity contribution in [1.82, 2.24) is 29.9 Å². The van der Waals surface area contributed by atoms with Crippen LogP contribution < -0.4 is 28.4 Å². The molecule has 0 saturated heterocycles. The van der Waals surface area contributed by atoms with Crippen molar-refractivity contribution in [2.24, 2.45) is 0 Å². The molecular formula is C54H54N6O12. The number of benzene rings is 6. The first kappa shape index (κ1) is 50.8. The molecule has 18 nitrogen and oxygen atoms in total. The van der Waals surface area contributed by atoms with Gasteiger partial charge in [0.05, 0.1) is 56.2 Å². The van der Waals surface area contributed by atoms with Gasteiger partial charge in [0.15, 0.2) is 51.7 Å². The van der Waals surface area contributed by atoms with Crippen LogP contribution >= 0.6 is 0 Å². The van der Waals surface area contributed by atoms with Gasteiger partial charge in [0.25, 0.3) is 0 Å². The van der Waals surface area contributed by atoms with Crippen LogP contribution in [-0.2, 0) is 0 Å². The minimum atomic E-state index is -0.506. The van der Waals surface area contributed by atoms with Gasteiger partial charge in [0, 0.05) is 106 Å². The van der Waals surface area contributed by atoms with Crippen molar-refractivity contribution in [3.05, 3.63) is 110 Å². The molecule has 0 radical (unpaired) electrons. The summed E-state index contributed by atoms with van der Waals surface area (Å²) in [5, 5.41) is 68.7. The molecular weight excluding hydrogens is 925 g/mol. The zero-order chi connectivity index (χ0) is 51.3. The molecule has 0 aliphatic heterocycles. The summed E-state index contributed by atoms with van der Waals surface area (Å²) in [7, 11) is 0. The third-order valence-corrected chi connectivity index (χ3v) is 10.6. The number of nitrogens with zero attached hydrogens (tertiary/aromatic N) is 6. The summed E-state index contributed by atoms with van der Waals surface area (Å²) in [4.78, 5) is 27.9. The van der Waals surface area contributed by atoms with Crippen LogP contribution in [0, 0.1) is 0 Å². The number of ether oxygens (including phenoxy) is 6. The molecule has 10 rings (SSSR count). The van der Waals surface area contributed by atoms with Gasteiger partial charge in [-0.2, -0.15) is 0 Å². The normalized spacial score (nSPS) is 10.8. The molecule has 0 aliphatic carbocycles. The number of hydrogen-bond donors (Lipinski definition) is 6. The minimum absolute atomic E-state index is 0.128. The Hall–Kier alpha value is -9.06. The molecule has 10 aromatic rings. The summed E-state index contributed by atoms with van der Waals surface area (Å²) >= 11 is 0. The highest BCUT2D eigenvalue weighted by molar-refractivity contribution is 5.88. The fourth-order valence-electron chi connectivity index (χ4n) is 7.21. The lowest BCUT2D eigenvalue weighted by Crippen LogP contribution is -1.97. The number of rotatable bonds is 12. The number of hydrogen-bond acceptors (Lipinski definition) is 18. The molecule has 0 unspecified atom stereocenters. The van der Waals surface area contributed by atoms with E-state index in [9.17, 15) is 30.6 Å². The SMILES string of the molecule is CCOc1cc(OCC)c2ncc3ccc(cnc4cc(OCC)cc(OCC)c4ncc4ccc(cnc5cc(OCC)cc(OCC)c5ncc5ccc(cnc2c1)c(O)c5O)c(O)c4O)c(O)c3O. The number of phenols is 6. The Morgan fingerprint density at radius 3 is 0.708 bits per heavy atom. The van der Waals surface area contributed by atoms with E-state index in [0.29, 0.717) is 37.1 Å². The number of phenolic OH excluding ortho intramolecular Hbond substituents is 6. The Balaban J connectivity index is 1.62. The zero-order valence-corrected chi connectivity index (χ0v) is 40.5. The number of fused-ring (bicyclic) bond motifs is 3. The van der Waals surface area contributed by atoms with Gasteiger partial charge in [-0.05, 0) is 77.9 Å². The molecule has 6 aromatic carbocycles. The maximum atomic E-state index is 11.3. The standard InChI is InChI=1S/C54H54N6O12/c1-7-67-37-19-40-46(43(22-37)70-10-4)58-28-34-17-14-32(50(62)52(34)64)26-56-42-21-39(69-9-3)24-45(72-12-6)48(42)60-30-36-18-15-33(51(63)54(36)66)27-57-41-20-38(68-8-2)23-44(71-11-5)47(41)59-29-35-16-13-31(25-55-40)49(61)53(35)65/h13-30,61-66H,7-12H2,1-6H3. The lowest BCUT2D eigenvalue weighted by atomic mass is 10.2. The van der Waals surface area contributed by atoms with Crippen LogP contribution in [0.3, 0.4) is 0 Å². The molecule has 6 N–H and O–H groups in total. The Morgan fingerprint density at radius 1 is 0.292 bits per heavy atom. The highest BCUT2D eigenvalue weighted by atomic mass is 16.5. The van der Waals surface area contributed by atoms with E-state index in [1.165, 1.54) is 73.6 Å². The molecule has 0 aliphatic rings. The van der Waals surface area contributed by atoms with Gasteiger partial charge in [0.2, 0.25) is 0 Å². The average Bonchev–Trinajstić information content (AvgIpc) is 3.36. The Kier molecular flexibility index (Phi) is 16.6. The molecule has 18 heteroatoms. The molecule has 0 saturated carbocycles. The van der Waals surface area contributed by atoms with Crippen LogP contribution in [0.25, 0.3) is 65.4 Å². The van der Waals surface area contributed by atoms with E-state index in [4.69, 9.17) is 28.4 Å². The summed E-state index contributed by atoms with van der Waals surface area (Å²) in [5.41, 5.74) is 1.38. The molecule has 372 valence electrons. The van der Waals surface area contributed by atoms with E-state index in [0.717, 1.165) is 0 Å². The lowest BCUT2D eigenvalue weighted by molar-refractivity contribution is 0.325. The molecule has 72 heavy (non-hydrogen) atoms. The Bertz CT molecular complexity index is 3140. The van der Waals surface area contributed by atoms with E-state index in [2.05, 4.69) is 29.9 Å². The third-order valence-electron chi connectivity index (χ3n) is 10.6. The van der Waals surface area contributed by atoms with Crippen LogP contribution in [0.4, 0.5) is 0 Å². The second kappa shape index (κ2) is 23.5. The average molecular weight is 979 g/mol. The lowest BCUT2D eigenvalue weighted by Gasteiger charge is -2.09. The van der Waals surface area contributed by atoms with Crippen LogP contribution in [0.2, 0.25) is 0 Å². The Labute approximate surface area is 413 Å².